The molecule has 1 heterocycles. The van der Waals surface area contributed by atoms with Crippen molar-refractivity contribution in [3.05, 3.63) is 0 Å². The minimum absolute atomic E-state index is 0.488. The highest BCUT2D eigenvalue weighted by molar-refractivity contribution is 4.93. The van der Waals surface area contributed by atoms with Gasteiger partial charge in [0.2, 0.25) is 0 Å². The predicted molar refractivity (Wildman–Crippen MR) is 58.9 cm³/mol. The van der Waals surface area contributed by atoms with Crippen molar-refractivity contribution in [1.82, 2.24) is 4.90 Å². The first-order chi connectivity index (χ1) is 5.96. The van der Waals surface area contributed by atoms with Crippen LogP contribution in [0, 0.1) is 5.92 Å². The molecule has 0 aromatic rings. The van der Waals surface area contributed by atoms with E-state index in [1.165, 1.54) is 25.8 Å². The first kappa shape index (κ1) is 11.0. The number of likely N-dealkylation sites (tertiary alicyclic amines) is 1. The molecule has 0 aliphatic carbocycles. The van der Waals surface area contributed by atoms with Crippen LogP contribution in [0.4, 0.5) is 0 Å². The minimum atomic E-state index is 0.488. The molecule has 1 heteroatoms. The Kier molecular flexibility index (Phi) is 3.39. The van der Waals surface area contributed by atoms with Gasteiger partial charge in [0.05, 0.1) is 0 Å². The normalized spacial score (nSPS) is 30.7. The van der Waals surface area contributed by atoms with E-state index in [1.807, 2.05) is 0 Å². The molecule has 13 heavy (non-hydrogen) atoms. The summed E-state index contributed by atoms with van der Waals surface area (Å²) in [5, 5.41) is 0. The Morgan fingerprint density at radius 3 is 2.31 bits per heavy atom. The molecule has 0 aromatic heterocycles. The van der Waals surface area contributed by atoms with Crippen molar-refractivity contribution in [3.8, 4) is 0 Å². The molecule has 1 saturated heterocycles. The lowest BCUT2D eigenvalue weighted by molar-refractivity contribution is 0.0970. The van der Waals surface area contributed by atoms with Gasteiger partial charge in [0.15, 0.2) is 0 Å². The van der Waals surface area contributed by atoms with Crippen LogP contribution in [0.1, 0.15) is 53.9 Å². The molecule has 1 atom stereocenters. The molecule has 0 N–H and O–H groups in total. The first-order valence-corrected chi connectivity index (χ1v) is 5.72. The van der Waals surface area contributed by atoms with Crippen LogP contribution >= 0.6 is 0 Å². The summed E-state index contributed by atoms with van der Waals surface area (Å²) in [5.41, 5.74) is 0.488. The zero-order chi connectivity index (χ0) is 10.1. The molecule has 1 aliphatic rings. The lowest BCUT2D eigenvalue weighted by Crippen LogP contribution is -2.45. The van der Waals surface area contributed by atoms with Crippen LogP contribution in [-0.2, 0) is 0 Å². The van der Waals surface area contributed by atoms with E-state index in [9.17, 15) is 0 Å². The van der Waals surface area contributed by atoms with E-state index in [2.05, 4.69) is 39.5 Å². The van der Waals surface area contributed by atoms with Gasteiger partial charge in [-0.15, -0.1) is 0 Å². The van der Waals surface area contributed by atoms with Crippen LogP contribution in [0.15, 0.2) is 0 Å². The monoisotopic (exact) mass is 183 g/mol. The van der Waals surface area contributed by atoms with Crippen molar-refractivity contribution in [2.45, 2.75) is 65.5 Å². The molecule has 0 saturated carbocycles. The van der Waals surface area contributed by atoms with Gasteiger partial charge in [-0.1, -0.05) is 13.8 Å². The number of hydrogen-bond donors (Lipinski definition) is 0. The van der Waals surface area contributed by atoms with Gasteiger partial charge in [0.25, 0.3) is 0 Å². The van der Waals surface area contributed by atoms with Crippen molar-refractivity contribution in [2.24, 2.45) is 5.92 Å². The van der Waals surface area contributed by atoms with E-state index in [0.717, 1.165) is 5.92 Å². The lowest BCUT2D eigenvalue weighted by atomic mass is 9.88. The molecule has 0 aromatic carbocycles. The predicted octanol–water partition coefficient (Wildman–Crippen LogP) is 3.30. The van der Waals surface area contributed by atoms with E-state index in [0.29, 0.717) is 11.6 Å². The molecule has 1 unspecified atom stereocenters. The largest absolute Gasteiger partial charge is 0.296 e. The van der Waals surface area contributed by atoms with Gasteiger partial charge in [-0.25, -0.2) is 0 Å². The maximum absolute atomic E-state index is 2.69. The Morgan fingerprint density at radius 2 is 1.85 bits per heavy atom. The van der Waals surface area contributed by atoms with Gasteiger partial charge in [0, 0.05) is 11.6 Å². The van der Waals surface area contributed by atoms with E-state index in [1.54, 1.807) is 0 Å². The summed E-state index contributed by atoms with van der Waals surface area (Å²) in [6.07, 6.45) is 4.13. The Hall–Kier alpha value is -0.0400. The SMILES string of the molecule is CC(C)CC1(C)CCCN1C(C)C. The Morgan fingerprint density at radius 1 is 1.23 bits per heavy atom. The molecule has 1 aliphatic heterocycles. The average Bonchev–Trinajstić information content (AvgIpc) is 2.28. The quantitative estimate of drug-likeness (QED) is 0.649. The smallest absolute Gasteiger partial charge is 0.0187 e. The second-order valence-corrected chi connectivity index (χ2v) is 5.49. The molecule has 0 amide bonds. The van der Waals surface area contributed by atoms with Gasteiger partial charge in [-0.2, -0.15) is 0 Å². The van der Waals surface area contributed by atoms with Crippen molar-refractivity contribution < 1.29 is 0 Å². The van der Waals surface area contributed by atoms with Gasteiger partial charge >= 0.3 is 0 Å². The van der Waals surface area contributed by atoms with Crippen molar-refractivity contribution in [2.75, 3.05) is 6.54 Å². The van der Waals surface area contributed by atoms with Crippen LogP contribution in [-0.4, -0.2) is 23.0 Å². The van der Waals surface area contributed by atoms with Crippen molar-refractivity contribution >= 4 is 0 Å². The summed E-state index contributed by atoms with van der Waals surface area (Å²) in [6.45, 7) is 13.1. The van der Waals surface area contributed by atoms with E-state index in [-0.39, 0.29) is 0 Å². The second kappa shape index (κ2) is 4.00. The highest BCUT2D eigenvalue weighted by Gasteiger charge is 2.37. The third-order valence-electron chi connectivity index (χ3n) is 3.28. The van der Waals surface area contributed by atoms with E-state index < -0.39 is 0 Å². The fraction of sp³-hybridized carbons (Fsp3) is 1.00. The Labute approximate surface area is 83.5 Å². The lowest BCUT2D eigenvalue weighted by Gasteiger charge is -2.39. The van der Waals surface area contributed by atoms with Crippen LogP contribution in [0.5, 0.6) is 0 Å². The standard InChI is InChI=1S/C12H25N/c1-10(2)9-12(5)7-6-8-13(12)11(3)4/h10-11H,6-9H2,1-5H3. The molecule has 0 spiro atoms. The molecular formula is C12H25N. The van der Waals surface area contributed by atoms with Gasteiger partial charge < -0.3 is 0 Å². The van der Waals surface area contributed by atoms with Crippen LogP contribution in [0.3, 0.4) is 0 Å². The third-order valence-corrected chi connectivity index (χ3v) is 3.28. The van der Waals surface area contributed by atoms with Gasteiger partial charge in [0.1, 0.15) is 0 Å². The van der Waals surface area contributed by atoms with E-state index in [4.69, 9.17) is 0 Å². The molecule has 1 rings (SSSR count). The van der Waals surface area contributed by atoms with Gasteiger partial charge in [-0.05, 0) is 52.5 Å². The highest BCUT2D eigenvalue weighted by Crippen LogP contribution is 2.35. The van der Waals surface area contributed by atoms with Crippen LogP contribution in [0.2, 0.25) is 0 Å². The molecule has 1 nitrogen and oxygen atoms in total. The molecule has 0 bridgehead atoms. The zero-order valence-electron chi connectivity index (χ0n) is 9.93. The van der Waals surface area contributed by atoms with E-state index >= 15 is 0 Å². The fourth-order valence-electron chi connectivity index (χ4n) is 3.02. The zero-order valence-corrected chi connectivity index (χ0v) is 9.93. The minimum Gasteiger partial charge on any atom is -0.296 e. The summed E-state index contributed by atoms with van der Waals surface area (Å²) in [6, 6.07) is 0.714. The molecular weight excluding hydrogens is 158 g/mol. The topological polar surface area (TPSA) is 3.24 Å². The fourth-order valence-corrected chi connectivity index (χ4v) is 3.02. The van der Waals surface area contributed by atoms with Crippen LogP contribution in [0.25, 0.3) is 0 Å². The van der Waals surface area contributed by atoms with Crippen LogP contribution < -0.4 is 0 Å². The number of nitrogens with zero attached hydrogens (tertiary/aromatic N) is 1. The Balaban J connectivity index is 2.64. The average molecular weight is 183 g/mol. The molecule has 0 radical (unpaired) electrons. The summed E-state index contributed by atoms with van der Waals surface area (Å²) < 4.78 is 0. The van der Waals surface area contributed by atoms with Crippen molar-refractivity contribution in [1.29, 1.82) is 0 Å². The maximum atomic E-state index is 2.69. The summed E-state index contributed by atoms with van der Waals surface area (Å²) in [7, 11) is 0. The third kappa shape index (κ3) is 2.46. The number of hydrogen-bond acceptors (Lipinski definition) is 1. The highest BCUT2D eigenvalue weighted by atomic mass is 15.2. The summed E-state index contributed by atoms with van der Waals surface area (Å²) in [4.78, 5) is 2.69. The van der Waals surface area contributed by atoms with Crippen molar-refractivity contribution in [3.63, 3.8) is 0 Å². The second-order valence-electron chi connectivity index (χ2n) is 5.49. The first-order valence-electron chi connectivity index (χ1n) is 5.72. The molecule has 1 fully saturated rings. The maximum Gasteiger partial charge on any atom is 0.0187 e. The number of rotatable bonds is 3. The summed E-state index contributed by atoms with van der Waals surface area (Å²) >= 11 is 0. The van der Waals surface area contributed by atoms with Gasteiger partial charge in [-0.3, -0.25) is 4.90 Å². The summed E-state index contributed by atoms with van der Waals surface area (Å²) in [5.74, 6) is 0.823. The molecule has 78 valence electrons. The Bertz CT molecular complexity index is 163.